The Morgan fingerprint density at radius 3 is 3.05 bits per heavy atom. The molecule has 0 unspecified atom stereocenters. The van der Waals surface area contributed by atoms with E-state index in [4.69, 9.17) is 5.11 Å². The summed E-state index contributed by atoms with van der Waals surface area (Å²) in [6.45, 7) is 1.69. The quantitative estimate of drug-likeness (QED) is 0.822. The first kappa shape index (κ1) is 13.3. The van der Waals surface area contributed by atoms with E-state index in [1.165, 1.54) is 11.3 Å². The predicted octanol–water partition coefficient (Wildman–Crippen LogP) is 2.05. The van der Waals surface area contributed by atoms with E-state index in [-0.39, 0.29) is 12.5 Å². The van der Waals surface area contributed by atoms with Crippen LogP contribution in [0.2, 0.25) is 0 Å². The lowest BCUT2D eigenvalue weighted by Crippen LogP contribution is -2.12. The van der Waals surface area contributed by atoms with Gasteiger partial charge in [-0.2, -0.15) is 0 Å². The fourth-order valence-corrected chi connectivity index (χ4v) is 2.32. The summed E-state index contributed by atoms with van der Waals surface area (Å²) in [7, 11) is 0. The third-order valence-electron chi connectivity index (χ3n) is 2.38. The minimum absolute atomic E-state index is 0.174. The van der Waals surface area contributed by atoms with Crippen molar-refractivity contribution >= 4 is 23.1 Å². The molecule has 0 aliphatic rings. The van der Waals surface area contributed by atoms with Gasteiger partial charge in [-0.3, -0.25) is 4.79 Å². The number of carbonyl (C=O) groups is 1. The van der Waals surface area contributed by atoms with Gasteiger partial charge in [0.25, 0.3) is 5.91 Å². The van der Waals surface area contributed by atoms with Gasteiger partial charge in [-0.1, -0.05) is 11.8 Å². The number of nitrogens with one attached hydrogen (secondary N) is 1. The lowest BCUT2D eigenvalue weighted by Gasteiger charge is -2.03. The Labute approximate surface area is 115 Å². The van der Waals surface area contributed by atoms with Crippen molar-refractivity contribution in [3.63, 3.8) is 0 Å². The van der Waals surface area contributed by atoms with Crippen LogP contribution in [0.5, 0.6) is 0 Å². The first-order valence-corrected chi connectivity index (χ1v) is 6.50. The molecule has 2 aromatic rings. The predicted molar refractivity (Wildman–Crippen MR) is 75.2 cm³/mol. The van der Waals surface area contributed by atoms with Crippen molar-refractivity contribution in [2.45, 2.75) is 6.92 Å². The van der Waals surface area contributed by atoms with Crippen molar-refractivity contribution < 1.29 is 9.90 Å². The molecule has 0 radical (unpaired) electrons. The van der Waals surface area contributed by atoms with E-state index in [2.05, 4.69) is 22.1 Å². The standard InChI is InChI=1S/C14H12N2O2S/c1-10-5-8-19-13(10)14(18)16-12-9-11(3-2-7-17)4-6-15-12/h4-6,8-9,17H,7H2,1H3,(H,15,16,18). The average Bonchev–Trinajstić information content (AvgIpc) is 2.83. The maximum absolute atomic E-state index is 12.0. The van der Waals surface area contributed by atoms with Gasteiger partial charge in [0.1, 0.15) is 12.4 Å². The first-order valence-electron chi connectivity index (χ1n) is 5.62. The van der Waals surface area contributed by atoms with Crippen molar-refractivity contribution in [3.05, 3.63) is 45.8 Å². The van der Waals surface area contributed by atoms with Crippen LogP contribution in [0.15, 0.2) is 29.8 Å². The summed E-state index contributed by atoms with van der Waals surface area (Å²) in [6.07, 6.45) is 1.57. The normalized spacial score (nSPS) is 9.58. The minimum atomic E-state index is -0.196. The van der Waals surface area contributed by atoms with Gasteiger partial charge in [0.2, 0.25) is 0 Å². The largest absolute Gasteiger partial charge is 0.384 e. The van der Waals surface area contributed by atoms with E-state index < -0.39 is 0 Å². The second-order valence-corrected chi connectivity index (χ2v) is 4.69. The van der Waals surface area contributed by atoms with Crippen molar-refractivity contribution in [2.75, 3.05) is 11.9 Å². The van der Waals surface area contributed by atoms with Crippen LogP contribution in [0.3, 0.4) is 0 Å². The van der Waals surface area contributed by atoms with Gasteiger partial charge in [-0.05, 0) is 36.1 Å². The fraction of sp³-hybridized carbons (Fsp3) is 0.143. The summed E-state index contributed by atoms with van der Waals surface area (Å²) in [4.78, 5) is 16.7. The lowest BCUT2D eigenvalue weighted by atomic mass is 10.2. The second kappa shape index (κ2) is 6.14. The average molecular weight is 272 g/mol. The number of thiophene rings is 1. The van der Waals surface area contributed by atoms with Gasteiger partial charge in [0.15, 0.2) is 0 Å². The smallest absolute Gasteiger partial charge is 0.267 e. The number of rotatable bonds is 2. The Bertz CT molecular complexity index is 653. The van der Waals surface area contributed by atoms with Gasteiger partial charge >= 0.3 is 0 Å². The maximum atomic E-state index is 12.0. The number of hydrogen-bond acceptors (Lipinski definition) is 4. The molecule has 0 aromatic carbocycles. The second-order valence-electron chi connectivity index (χ2n) is 3.78. The molecule has 2 heterocycles. The molecule has 1 amide bonds. The molecule has 0 saturated carbocycles. The number of nitrogens with zero attached hydrogens (tertiary/aromatic N) is 1. The third kappa shape index (κ3) is 3.41. The molecule has 4 nitrogen and oxygen atoms in total. The van der Waals surface area contributed by atoms with Crippen LogP contribution in [0.4, 0.5) is 5.82 Å². The molecule has 0 atom stereocenters. The van der Waals surface area contributed by atoms with Crippen molar-refractivity contribution in [2.24, 2.45) is 0 Å². The van der Waals surface area contributed by atoms with E-state index >= 15 is 0 Å². The van der Waals surface area contributed by atoms with Crippen LogP contribution in [0, 0.1) is 18.8 Å². The minimum Gasteiger partial charge on any atom is -0.384 e. The number of amides is 1. The van der Waals surface area contributed by atoms with Crippen LogP contribution in [0.25, 0.3) is 0 Å². The summed E-state index contributed by atoms with van der Waals surface area (Å²) in [5.41, 5.74) is 1.64. The monoisotopic (exact) mass is 272 g/mol. The SMILES string of the molecule is Cc1ccsc1C(=O)Nc1cc(C#CCO)ccn1. The summed E-state index contributed by atoms with van der Waals surface area (Å²) in [5, 5.41) is 13.2. The Morgan fingerprint density at radius 1 is 1.53 bits per heavy atom. The number of aliphatic hydroxyl groups excluding tert-OH is 1. The number of aliphatic hydroxyl groups is 1. The Kier molecular flexibility index (Phi) is 4.29. The van der Waals surface area contributed by atoms with Crippen LogP contribution in [0.1, 0.15) is 20.8 Å². The molecule has 2 aromatic heterocycles. The summed E-state index contributed by atoms with van der Waals surface area (Å²) in [5.74, 6) is 5.59. The lowest BCUT2D eigenvalue weighted by molar-refractivity contribution is 0.102. The van der Waals surface area contributed by atoms with Gasteiger partial charge in [0.05, 0.1) is 4.88 Å². The third-order valence-corrected chi connectivity index (χ3v) is 3.40. The Morgan fingerprint density at radius 2 is 2.37 bits per heavy atom. The highest BCUT2D eigenvalue weighted by molar-refractivity contribution is 7.12. The molecule has 0 saturated heterocycles. The van der Waals surface area contributed by atoms with Gasteiger partial charge < -0.3 is 10.4 Å². The molecule has 19 heavy (non-hydrogen) atoms. The zero-order chi connectivity index (χ0) is 13.7. The van der Waals surface area contributed by atoms with Crippen molar-refractivity contribution in [1.82, 2.24) is 4.98 Å². The Balaban J connectivity index is 2.15. The molecule has 0 aliphatic heterocycles. The highest BCUT2D eigenvalue weighted by Gasteiger charge is 2.11. The zero-order valence-corrected chi connectivity index (χ0v) is 11.1. The number of aryl methyl sites for hydroxylation is 1. The molecule has 96 valence electrons. The first-order chi connectivity index (χ1) is 9.20. The molecule has 2 rings (SSSR count). The Hall–Kier alpha value is -2.16. The van der Waals surface area contributed by atoms with Crippen LogP contribution >= 0.6 is 11.3 Å². The van der Waals surface area contributed by atoms with Crippen molar-refractivity contribution in [1.29, 1.82) is 0 Å². The molecule has 5 heteroatoms. The summed E-state index contributed by atoms with van der Waals surface area (Å²) >= 11 is 1.39. The van der Waals surface area contributed by atoms with Gasteiger partial charge in [0, 0.05) is 11.8 Å². The van der Waals surface area contributed by atoms with E-state index in [0.29, 0.717) is 16.3 Å². The summed E-state index contributed by atoms with van der Waals surface area (Å²) < 4.78 is 0. The summed E-state index contributed by atoms with van der Waals surface area (Å²) in [6, 6.07) is 5.29. The number of hydrogen-bond donors (Lipinski definition) is 2. The van der Waals surface area contributed by atoms with E-state index in [0.717, 1.165) is 5.56 Å². The number of aromatic nitrogens is 1. The zero-order valence-electron chi connectivity index (χ0n) is 10.3. The molecule has 0 fully saturated rings. The molecule has 2 N–H and O–H groups in total. The topological polar surface area (TPSA) is 62.2 Å². The molecular weight excluding hydrogens is 260 g/mol. The highest BCUT2D eigenvalue weighted by atomic mass is 32.1. The molecule has 0 bridgehead atoms. The number of carbonyl (C=O) groups excluding carboxylic acids is 1. The van der Waals surface area contributed by atoms with E-state index in [9.17, 15) is 4.79 Å². The van der Waals surface area contributed by atoms with Gasteiger partial charge in [-0.15, -0.1) is 11.3 Å². The molecule has 0 spiro atoms. The van der Waals surface area contributed by atoms with Gasteiger partial charge in [-0.25, -0.2) is 4.98 Å². The molecular formula is C14H12N2O2S. The molecule has 0 aliphatic carbocycles. The van der Waals surface area contributed by atoms with Crippen molar-refractivity contribution in [3.8, 4) is 11.8 Å². The number of anilines is 1. The van der Waals surface area contributed by atoms with Crippen LogP contribution in [-0.2, 0) is 0 Å². The van der Waals surface area contributed by atoms with E-state index in [1.807, 2.05) is 18.4 Å². The highest BCUT2D eigenvalue weighted by Crippen LogP contribution is 2.17. The maximum Gasteiger partial charge on any atom is 0.267 e. The fourth-order valence-electron chi connectivity index (χ4n) is 1.50. The van der Waals surface area contributed by atoms with Crippen LogP contribution in [-0.4, -0.2) is 22.6 Å². The van der Waals surface area contributed by atoms with E-state index in [1.54, 1.807) is 18.3 Å². The number of pyridine rings is 1. The van der Waals surface area contributed by atoms with Crippen LogP contribution < -0.4 is 5.32 Å².